The molecule has 0 bridgehead atoms. The summed E-state index contributed by atoms with van der Waals surface area (Å²) in [4.78, 5) is 15.4. The Hall–Kier alpha value is -3.11. The van der Waals surface area contributed by atoms with Crippen LogP contribution in [0.15, 0.2) is 76.8 Å². The zero-order valence-electron chi connectivity index (χ0n) is 23.1. The molecule has 0 unspecified atom stereocenters. The molecule has 5 rings (SSSR count). The van der Waals surface area contributed by atoms with Gasteiger partial charge in [0.25, 0.3) is 0 Å². The van der Waals surface area contributed by atoms with Gasteiger partial charge in [0.2, 0.25) is 0 Å². The standard InChI is InChI=1S/C31H37N3O5S/c1-36-16-3-14-34-15-17-37-29-13-4-22(18-28(29)34)21-38-30-20-32-19-27(33-35)31(30)23-5-7-24(8-6-23)39-25-9-11-26(40-2)12-10-25/h4-13,18,27,30-32H,3,14-17,19-21H2,1-2H3/t27-,30+,31+/m1/s1. The van der Waals surface area contributed by atoms with Crippen molar-refractivity contribution in [1.29, 1.82) is 0 Å². The first-order chi connectivity index (χ1) is 19.7. The average Bonchev–Trinajstić information content (AvgIpc) is 3.01. The fourth-order valence-electron chi connectivity index (χ4n) is 5.36. The Balaban J connectivity index is 1.27. The highest BCUT2D eigenvalue weighted by Crippen LogP contribution is 2.35. The summed E-state index contributed by atoms with van der Waals surface area (Å²) in [6.07, 6.45) is 2.81. The van der Waals surface area contributed by atoms with E-state index in [0.29, 0.717) is 26.3 Å². The molecule has 8 nitrogen and oxygen atoms in total. The molecular weight excluding hydrogens is 526 g/mol. The molecule has 2 aliphatic rings. The molecule has 3 atom stereocenters. The van der Waals surface area contributed by atoms with E-state index in [-0.39, 0.29) is 12.0 Å². The van der Waals surface area contributed by atoms with Crippen molar-refractivity contribution in [3.63, 3.8) is 0 Å². The monoisotopic (exact) mass is 563 g/mol. The van der Waals surface area contributed by atoms with Crippen molar-refractivity contribution in [2.24, 2.45) is 5.18 Å². The van der Waals surface area contributed by atoms with Crippen LogP contribution in [-0.4, -0.2) is 64.9 Å². The smallest absolute Gasteiger partial charge is 0.142 e. The van der Waals surface area contributed by atoms with Gasteiger partial charge < -0.3 is 29.2 Å². The first-order valence-electron chi connectivity index (χ1n) is 13.7. The normalized spacial score (nSPS) is 20.4. The van der Waals surface area contributed by atoms with Gasteiger partial charge in [0.05, 0.1) is 24.9 Å². The lowest BCUT2D eigenvalue weighted by atomic mass is 9.84. The molecule has 1 N–H and O–H groups in total. The van der Waals surface area contributed by atoms with Crippen LogP contribution in [-0.2, 0) is 16.1 Å². The van der Waals surface area contributed by atoms with Crippen molar-refractivity contribution in [3.05, 3.63) is 82.8 Å². The van der Waals surface area contributed by atoms with Gasteiger partial charge in [-0.05, 0) is 72.3 Å². The Morgan fingerprint density at radius 3 is 2.55 bits per heavy atom. The van der Waals surface area contributed by atoms with Crippen molar-refractivity contribution < 1.29 is 18.9 Å². The molecule has 0 spiro atoms. The highest BCUT2D eigenvalue weighted by Gasteiger charge is 2.36. The Labute approximate surface area is 240 Å². The molecule has 3 aromatic carbocycles. The second-order valence-electron chi connectivity index (χ2n) is 10.0. The van der Waals surface area contributed by atoms with E-state index in [1.54, 1.807) is 18.9 Å². The molecule has 40 heavy (non-hydrogen) atoms. The molecule has 2 heterocycles. The number of rotatable bonds is 12. The molecule has 0 amide bonds. The maximum absolute atomic E-state index is 11.8. The van der Waals surface area contributed by atoms with E-state index in [0.717, 1.165) is 60.2 Å². The highest BCUT2D eigenvalue weighted by molar-refractivity contribution is 7.98. The number of fused-ring (bicyclic) bond motifs is 1. The summed E-state index contributed by atoms with van der Waals surface area (Å²) in [7, 11) is 1.73. The summed E-state index contributed by atoms with van der Waals surface area (Å²) in [6, 6.07) is 21.8. The van der Waals surface area contributed by atoms with Crippen LogP contribution < -0.4 is 19.7 Å². The van der Waals surface area contributed by atoms with E-state index in [9.17, 15) is 4.91 Å². The zero-order valence-corrected chi connectivity index (χ0v) is 23.9. The van der Waals surface area contributed by atoms with Crippen LogP contribution in [0.2, 0.25) is 0 Å². The predicted molar refractivity (Wildman–Crippen MR) is 159 cm³/mol. The van der Waals surface area contributed by atoms with Crippen molar-refractivity contribution in [2.45, 2.75) is 36.0 Å². The molecule has 2 aliphatic heterocycles. The van der Waals surface area contributed by atoms with Gasteiger partial charge in [-0.1, -0.05) is 23.4 Å². The van der Waals surface area contributed by atoms with Crippen LogP contribution >= 0.6 is 11.8 Å². The molecule has 1 saturated heterocycles. The molecule has 212 valence electrons. The fraction of sp³-hybridized carbons (Fsp3) is 0.419. The average molecular weight is 564 g/mol. The van der Waals surface area contributed by atoms with Gasteiger partial charge in [0.1, 0.15) is 29.9 Å². The summed E-state index contributed by atoms with van der Waals surface area (Å²) >= 11 is 1.70. The number of methoxy groups -OCH3 is 1. The quantitative estimate of drug-likeness (QED) is 0.167. The molecule has 9 heteroatoms. The van der Waals surface area contributed by atoms with Gasteiger partial charge in [-0.2, -0.15) is 4.91 Å². The van der Waals surface area contributed by atoms with Gasteiger partial charge in [-0.3, -0.25) is 0 Å². The lowest BCUT2D eigenvalue weighted by Crippen LogP contribution is -2.48. The number of hydrogen-bond donors (Lipinski definition) is 1. The van der Waals surface area contributed by atoms with Gasteiger partial charge >= 0.3 is 0 Å². The lowest BCUT2D eigenvalue weighted by Gasteiger charge is -2.36. The molecule has 0 aliphatic carbocycles. The Kier molecular flexibility index (Phi) is 9.94. The van der Waals surface area contributed by atoms with Gasteiger partial charge in [0, 0.05) is 44.2 Å². The molecular formula is C31H37N3O5S. The van der Waals surface area contributed by atoms with Crippen molar-refractivity contribution in [2.75, 3.05) is 57.7 Å². The fourth-order valence-corrected chi connectivity index (χ4v) is 5.77. The lowest BCUT2D eigenvalue weighted by molar-refractivity contribution is 0.00539. The van der Waals surface area contributed by atoms with E-state index in [1.165, 1.54) is 4.90 Å². The maximum Gasteiger partial charge on any atom is 0.142 e. The second kappa shape index (κ2) is 14.0. The Morgan fingerprint density at radius 2 is 1.82 bits per heavy atom. The van der Waals surface area contributed by atoms with Crippen molar-refractivity contribution in [1.82, 2.24) is 5.32 Å². The molecule has 0 saturated carbocycles. The predicted octanol–water partition coefficient (Wildman–Crippen LogP) is 5.84. The number of hydrogen-bond acceptors (Lipinski definition) is 9. The van der Waals surface area contributed by atoms with Crippen LogP contribution in [0.1, 0.15) is 23.5 Å². The Morgan fingerprint density at radius 1 is 1.05 bits per heavy atom. The highest BCUT2D eigenvalue weighted by atomic mass is 32.2. The number of nitroso groups, excluding NO2 is 1. The minimum absolute atomic E-state index is 0.153. The van der Waals surface area contributed by atoms with E-state index in [4.69, 9.17) is 18.9 Å². The van der Waals surface area contributed by atoms with Crippen molar-refractivity contribution >= 4 is 17.4 Å². The third-order valence-corrected chi connectivity index (χ3v) is 8.18. The van der Waals surface area contributed by atoms with Crippen LogP contribution in [0, 0.1) is 4.91 Å². The van der Waals surface area contributed by atoms with Crippen molar-refractivity contribution in [3.8, 4) is 17.2 Å². The summed E-state index contributed by atoms with van der Waals surface area (Å²) in [6.45, 7) is 4.79. The molecule has 0 radical (unpaired) electrons. The van der Waals surface area contributed by atoms with Gasteiger partial charge in [-0.15, -0.1) is 11.8 Å². The minimum atomic E-state index is -0.419. The van der Waals surface area contributed by atoms with Gasteiger partial charge in [0.15, 0.2) is 0 Å². The van der Waals surface area contributed by atoms with E-state index in [2.05, 4.69) is 33.8 Å². The van der Waals surface area contributed by atoms with Crippen LogP contribution in [0.4, 0.5) is 5.69 Å². The largest absolute Gasteiger partial charge is 0.490 e. The maximum atomic E-state index is 11.8. The van der Waals surface area contributed by atoms with Crippen LogP contribution in [0.5, 0.6) is 17.2 Å². The minimum Gasteiger partial charge on any atom is -0.490 e. The van der Waals surface area contributed by atoms with E-state index >= 15 is 0 Å². The van der Waals surface area contributed by atoms with Gasteiger partial charge in [-0.25, -0.2) is 0 Å². The third kappa shape index (κ3) is 6.96. The van der Waals surface area contributed by atoms with Crippen LogP contribution in [0.3, 0.4) is 0 Å². The molecule has 0 aromatic heterocycles. The summed E-state index contributed by atoms with van der Waals surface area (Å²) < 4.78 is 23.6. The number of nitrogens with one attached hydrogen (secondary N) is 1. The summed E-state index contributed by atoms with van der Waals surface area (Å²) in [5.41, 5.74) is 3.18. The number of ether oxygens (including phenoxy) is 4. The first kappa shape index (κ1) is 28.4. The topological polar surface area (TPSA) is 81.6 Å². The zero-order chi connectivity index (χ0) is 27.7. The van der Waals surface area contributed by atoms with E-state index in [1.807, 2.05) is 54.6 Å². The number of nitrogens with zero attached hydrogens (tertiary/aromatic N) is 2. The first-order valence-corrected chi connectivity index (χ1v) is 15.0. The third-order valence-electron chi connectivity index (χ3n) is 7.43. The second-order valence-corrected chi connectivity index (χ2v) is 10.9. The number of anilines is 1. The number of benzene rings is 3. The molecule has 1 fully saturated rings. The number of piperidine rings is 1. The Bertz CT molecular complexity index is 1240. The van der Waals surface area contributed by atoms with Crippen LogP contribution in [0.25, 0.3) is 0 Å². The summed E-state index contributed by atoms with van der Waals surface area (Å²) in [5.74, 6) is 2.28. The number of thioether (sulfide) groups is 1. The summed E-state index contributed by atoms with van der Waals surface area (Å²) in [5, 5.41) is 6.79. The SMILES string of the molecule is COCCCN1CCOc2ccc(CO[C@H]3CNC[C@@H](N=O)[C@@H]3c3ccc(Oc4ccc(SC)cc4)cc3)cc21. The van der Waals surface area contributed by atoms with E-state index < -0.39 is 6.04 Å². The molecule has 3 aromatic rings.